The van der Waals surface area contributed by atoms with E-state index in [2.05, 4.69) is 17.8 Å². The number of carbonyl (C=O) groups excluding carboxylic acids is 2. The van der Waals surface area contributed by atoms with Crippen LogP contribution in [0.2, 0.25) is 0 Å². The second kappa shape index (κ2) is 9.91. The van der Waals surface area contributed by atoms with E-state index in [1.165, 1.54) is 24.3 Å². The Hall–Kier alpha value is -3.42. The van der Waals surface area contributed by atoms with Crippen LogP contribution in [0.5, 0.6) is 5.75 Å². The van der Waals surface area contributed by atoms with Crippen LogP contribution in [0.1, 0.15) is 46.9 Å². The molecule has 0 saturated carbocycles. The van der Waals surface area contributed by atoms with Crippen LogP contribution in [0, 0.1) is 10.1 Å². The zero-order valence-electron chi connectivity index (χ0n) is 14.9. The standard InChI is InChI=1S/C19H21N3O5/c1-2-3-4-13-27-17-11-7-15(8-12-17)19(24)21-20-18(23)14-5-9-16(10-6-14)22(25)26/h5-12H,2-4,13H2,1H3,(H,20,23)(H,21,24). The maximum atomic E-state index is 12.1. The zero-order valence-corrected chi connectivity index (χ0v) is 14.9. The number of benzene rings is 2. The molecule has 0 atom stereocenters. The van der Waals surface area contributed by atoms with Gasteiger partial charge in [0.1, 0.15) is 5.75 Å². The second-order valence-electron chi connectivity index (χ2n) is 5.79. The van der Waals surface area contributed by atoms with Crippen molar-refractivity contribution in [2.24, 2.45) is 0 Å². The highest BCUT2D eigenvalue weighted by Crippen LogP contribution is 2.13. The van der Waals surface area contributed by atoms with Gasteiger partial charge in [-0.15, -0.1) is 0 Å². The lowest BCUT2D eigenvalue weighted by Crippen LogP contribution is -2.41. The number of amides is 2. The Morgan fingerprint density at radius 1 is 0.926 bits per heavy atom. The molecule has 0 spiro atoms. The van der Waals surface area contributed by atoms with Crippen molar-refractivity contribution < 1.29 is 19.2 Å². The first-order valence-corrected chi connectivity index (χ1v) is 8.59. The molecule has 8 heteroatoms. The first kappa shape index (κ1) is 19.9. The summed E-state index contributed by atoms with van der Waals surface area (Å²) in [7, 11) is 0. The number of hydrogen-bond donors (Lipinski definition) is 2. The van der Waals surface area contributed by atoms with E-state index < -0.39 is 16.7 Å². The number of hydrazine groups is 1. The first-order chi connectivity index (χ1) is 13.0. The molecule has 0 aliphatic heterocycles. The molecule has 0 heterocycles. The summed E-state index contributed by atoms with van der Waals surface area (Å²) in [5.41, 5.74) is 5.00. The number of ether oxygens (including phenoxy) is 1. The highest BCUT2D eigenvalue weighted by molar-refractivity contribution is 5.99. The van der Waals surface area contributed by atoms with Crippen LogP contribution >= 0.6 is 0 Å². The van der Waals surface area contributed by atoms with Crippen molar-refractivity contribution in [1.29, 1.82) is 0 Å². The van der Waals surface area contributed by atoms with Crippen LogP contribution in [0.25, 0.3) is 0 Å². The molecule has 0 unspecified atom stereocenters. The molecule has 2 N–H and O–H groups in total. The Morgan fingerprint density at radius 3 is 1.93 bits per heavy atom. The molecule has 8 nitrogen and oxygen atoms in total. The fourth-order valence-corrected chi connectivity index (χ4v) is 2.24. The highest BCUT2D eigenvalue weighted by Gasteiger charge is 2.11. The molecule has 0 radical (unpaired) electrons. The average Bonchev–Trinajstić information content (AvgIpc) is 2.69. The van der Waals surface area contributed by atoms with Crippen molar-refractivity contribution in [3.63, 3.8) is 0 Å². The Kier molecular flexibility index (Phi) is 7.30. The maximum Gasteiger partial charge on any atom is 0.269 e. The molecular formula is C19H21N3O5. The number of rotatable bonds is 8. The van der Waals surface area contributed by atoms with Gasteiger partial charge in [-0.1, -0.05) is 19.8 Å². The Balaban J connectivity index is 1.84. The van der Waals surface area contributed by atoms with Gasteiger partial charge in [0, 0.05) is 23.3 Å². The van der Waals surface area contributed by atoms with Gasteiger partial charge in [-0.25, -0.2) is 0 Å². The van der Waals surface area contributed by atoms with E-state index in [9.17, 15) is 19.7 Å². The summed E-state index contributed by atoms with van der Waals surface area (Å²) in [5, 5.41) is 10.6. The quantitative estimate of drug-likeness (QED) is 0.420. The topological polar surface area (TPSA) is 111 Å². The van der Waals surface area contributed by atoms with E-state index >= 15 is 0 Å². The van der Waals surface area contributed by atoms with Gasteiger partial charge in [-0.2, -0.15) is 0 Å². The minimum absolute atomic E-state index is 0.118. The lowest BCUT2D eigenvalue weighted by atomic mass is 10.2. The van der Waals surface area contributed by atoms with Crippen molar-refractivity contribution in [3.8, 4) is 5.75 Å². The Bertz CT molecular complexity index is 788. The van der Waals surface area contributed by atoms with Gasteiger partial charge in [0.25, 0.3) is 17.5 Å². The molecule has 0 aliphatic rings. The van der Waals surface area contributed by atoms with Gasteiger partial charge in [0.2, 0.25) is 0 Å². The van der Waals surface area contributed by atoms with Gasteiger partial charge in [-0.05, 0) is 42.8 Å². The Labute approximate surface area is 156 Å². The fraction of sp³-hybridized carbons (Fsp3) is 0.263. The van der Waals surface area contributed by atoms with E-state index in [-0.39, 0.29) is 11.3 Å². The normalized spacial score (nSPS) is 10.1. The predicted molar refractivity (Wildman–Crippen MR) is 99.5 cm³/mol. The van der Waals surface area contributed by atoms with Crippen LogP contribution < -0.4 is 15.6 Å². The zero-order chi connectivity index (χ0) is 19.6. The number of nitrogens with one attached hydrogen (secondary N) is 2. The summed E-state index contributed by atoms with van der Waals surface area (Å²) in [6, 6.07) is 11.6. The molecular weight excluding hydrogens is 350 g/mol. The van der Waals surface area contributed by atoms with E-state index in [4.69, 9.17) is 4.74 Å². The number of nitro benzene ring substituents is 1. The minimum Gasteiger partial charge on any atom is -0.494 e. The lowest BCUT2D eigenvalue weighted by molar-refractivity contribution is -0.384. The molecule has 2 rings (SSSR count). The number of non-ortho nitro benzene ring substituents is 1. The first-order valence-electron chi connectivity index (χ1n) is 8.59. The van der Waals surface area contributed by atoms with Crippen molar-refractivity contribution in [1.82, 2.24) is 10.9 Å². The van der Waals surface area contributed by atoms with Crippen LogP contribution in [0.3, 0.4) is 0 Å². The largest absolute Gasteiger partial charge is 0.494 e. The van der Waals surface area contributed by atoms with Gasteiger partial charge in [0.05, 0.1) is 11.5 Å². The van der Waals surface area contributed by atoms with Crippen LogP contribution in [0.4, 0.5) is 5.69 Å². The average molecular weight is 371 g/mol. The molecule has 2 aromatic rings. The minimum atomic E-state index is -0.575. The summed E-state index contributed by atoms with van der Waals surface area (Å²) in [5.74, 6) is -0.380. The summed E-state index contributed by atoms with van der Waals surface area (Å²) in [4.78, 5) is 34.1. The van der Waals surface area contributed by atoms with E-state index in [1.807, 2.05) is 0 Å². The number of nitrogens with zero attached hydrogens (tertiary/aromatic N) is 1. The molecule has 0 fully saturated rings. The van der Waals surface area contributed by atoms with Crippen molar-refractivity contribution in [2.45, 2.75) is 26.2 Å². The molecule has 2 amide bonds. The number of carbonyl (C=O) groups is 2. The predicted octanol–water partition coefficient (Wildman–Crippen LogP) is 3.24. The molecule has 0 bridgehead atoms. The third-order valence-electron chi connectivity index (χ3n) is 3.76. The smallest absolute Gasteiger partial charge is 0.269 e. The fourth-order valence-electron chi connectivity index (χ4n) is 2.24. The lowest BCUT2D eigenvalue weighted by Gasteiger charge is -2.09. The van der Waals surface area contributed by atoms with Crippen molar-refractivity contribution >= 4 is 17.5 Å². The summed E-state index contributed by atoms with van der Waals surface area (Å²) in [6.07, 6.45) is 3.20. The van der Waals surface area contributed by atoms with E-state index in [0.717, 1.165) is 19.3 Å². The monoisotopic (exact) mass is 371 g/mol. The molecule has 0 saturated heterocycles. The number of nitro groups is 1. The van der Waals surface area contributed by atoms with Crippen molar-refractivity contribution in [3.05, 3.63) is 69.8 Å². The molecule has 0 aliphatic carbocycles. The third kappa shape index (κ3) is 6.10. The Morgan fingerprint density at radius 2 is 1.44 bits per heavy atom. The molecule has 27 heavy (non-hydrogen) atoms. The second-order valence-corrected chi connectivity index (χ2v) is 5.79. The van der Waals surface area contributed by atoms with Crippen LogP contribution in [0.15, 0.2) is 48.5 Å². The third-order valence-corrected chi connectivity index (χ3v) is 3.76. The SMILES string of the molecule is CCCCCOc1ccc(C(=O)NNC(=O)c2ccc([N+](=O)[O-])cc2)cc1. The van der Waals surface area contributed by atoms with Gasteiger partial charge in [0.15, 0.2) is 0 Å². The van der Waals surface area contributed by atoms with Crippen molar-refractivity contribution in [2.75, 3.05) is 6.61 Å². The van der Waals surface area contributed by atoms with Crippen LogP contribution in [-0.2, 0) is 0 Å². The highest BCUT2D eigenvalue weighted by atomic mass is 16.6. The molecule has 0 aromatic heterocycles. The van der Waals surface area contributed by atoms with Gasteiger partial charge >= 0.3 is 0 Å². The number of hydrogen-bond acceptors (Lipinski definition) is 5. The van der Waals surface area contributed by atoms with E-state index in [1.54, 1.807) is 24.3 Å². The maximum absolute atomic E-state index is 12.1. The summed E-state index contributed by atoms with van der Waals surface area (Å²) in [6.45, 7) is 2.75. The van der Waals surface area contributed by atoms with E-state index in [0.29, 0.717) is 17.9 Å². The molecule has 2 aromatic carbocycles. The van der Waals surface area contributed by atoms with Crippen LogP contribution in [-0.4, -0.2) is 23.3 Å². The number of unbranched alkanes of at least 4 members (excludes halogenated alkanes) is 2. The summed E-state index contributed by atoms with van der Waals surface area (Å²) >= 11 is 0. The molecule has 142 valence electrons. The summed E-state index contributed by atoms with van der Waals surface area (Å²) < 4.78 is 5.58. The van der Waals surface area contributed by atoms with Gasteiger partial charge in [-0.3, -0.25) is 30.6 Å². The van der Waals surface area contributed by atoms with Gasteiger partial charge < -0.3 is 4.74 Å².